The molecule has 0 saturated carbocycles. The number of likely N-dealkylation sites (tertiary alicyclic amines) is 1. The van der Waals surface area contributed by atoms with Gasteiger partial charge in [0.25, 0.3) is 5.91 Å². The number of nitrogens with zero attached hydrogens (tertiary/aromatic N) is 3. The van der Waals surface area contributed by atoms with Gasteiger partial charge in [0.2, 0.25) is 5.91 Å². The zero-order chi connectivity index (χ0) is 16.6. The first-order chi connectivity index (χ1) is 11.0. The fourth-order valence-electron chi connectivity index (χ4n) is 3.03. The molecular formula is C16H18FN3O3. The van der Waals surface area contributed by atoms with Crippen LogP contribution in [0.2, 0.25) is 0 Å². The highest BCUT2D eigenvalue weighted by atomic mass is 19.1. The highest BCUT2D eigenvalue weighted by Crippen LogP contribution is 2.33. The van der Waals surface area contributed by atoms with E-state index in [1.807, 2.05) is 0 Å². The maximum Gasteiger partial charge on any atom is 0.270 e. The average Bonchev–Trinajstić information content (AvgIpc) is 2.92. The van der Waals surface area contributed by atoms with E-state index in [0.29, 0.717) is 18.6 Å². The third kappa shape index (κ3) is 3.10. The Hall–Kier alpha value is -2.28. The van der Waals surface area contributed by atoms with E-state index in [9.17, 15) is 19.1 Å². The molecule has 1 aromatic carbocycles. The van der Waals surface area contributed by atoms with Gasteiger partial charge in [0.1, 0.15) is 11.5 Å². The summed E-state index contributed by atoms with van der Waals surface area (Å²) in [6, 6.07) is 5.61. The number of rotatable bonds is 2. The van der Waals surface area contributed by atoms with Crippen molar-refractivity contribution in [2.75, 3.05) is 13.6 Å². The largest absolute Gasteiger partial charge is 0.391 e. The standard InChI is InChI=1S/C16H18FN3O3/c1-19-15(22)7-6-13(18-19)16(23)20-9-12(21)8-14(20)10-2-4-11(17)5-3-10/h2-5,12,14,21H,6-9H2,1H3/t12-,14+/m0/s1. The van der Waals surface area contributed by atoms with Gasteiger partial charge in [-0.05, 0) is 24.1 Å². The number of aliphatic hydroxyl groups excluding tert-OH is 1. The quantitative estimate of drug-likeness (QED) is 0.886. The van der Waals surface area contributed by atoms with E-state index < -0.39 is 6.10 Å². The van der Waals surface area contributed by atoms with Crippen molar-refractivity contribution < 1.29 is 19.1 Å². The van der Waals surface area contributed by atoms with Crippen LogP contribution in [0.3, 0.4) is 0 Å². The molecule has 1 fully saturated rings. The molecule has 2 heterocycles. The Morgan fingerprint density at radius 3 is 2.65 bits per heavy atom. The van der Waals surface area contributed by atoms with Crippen molar-refractivity contribution in [2.24, 2.45) is 5.10 Å². The van der Waals surface area contributed by atoms with Crippen LogP contribution in [0.1, 0.15) is 30.9 Å². The first-order valence-electron chi connectivity index (χ1n) is 7.54. The van der Waals surface area contributed by atoms with Crippen molar-refractivity contribution in [3.8, 4) is 0 Å². The molecule has 23 heavy (non-hydrogen) atoms. The van der Waals surface area contributed by atoms with Crippen LogP contribution in [0.15, 0.2) is 29.4 Å². The molecule has 0 radical (unpaired) electrons. The lowest BCUT2D eigenvalue weighted by molar-refractivity contribution is -0.130. The average molecular weight is 319 g/mol. The van der Waals surface area contributed by atoms with Gasteiger partial charge in [-0.15, -0.1) is 0 Å². The van der Waals surface area contributed by atoms with E-state index in [0.717, 1.165) is 5.56 Å². The number of hydrazone groups is 1. The Balaban J connectivity index is 1.85. The van der Waals surface area contributed by atoms with Gasteiger partial charge in [-0.25, -0.2) is 9.40 Å². The Morgan fingerprint density at radius 2 is 2.00 bits per heavy atom. The van der Waals surface area contributed by atoms with Gasteiger partial charge in [-0.2, -0.15) is 5.10 Å². The molecule has 0 spiro atoms. The van der Waals surface area contributed by atoms with Gasteiger partial charge < -0.3 is 10.0 Å². The van der Waals surface area contributed by atoms with E-state index in [-0.39, 0.29) is 36.6 Å². The number of amides is 2. The van der Waals surface area contributed by atoms with Gasteiger partial charge in [-0.1, -0.05) is 12.1 Å². The lowest BCUT2D eigenvalue weighted by atomic mass is 10.0. The van der Waals surface area contributed by atoms with Gasteiger partial charge >= 0.3 is 0 Å². The van der Waals surface area contributed by atoms with E-state index in [2.05, 4.69) is 5.10 Å². The summed E-state index contributed by atoms with van der Waals surface area (Å²) >= 11 is 0. The summed E-state index contributed by atoms with van der Waals surface area (Å²) < 4.78 is 13.1. The number of β-amino-alcohol motifs (C(OH)–C–C–N with tert-alkyl or cyclic N) is 1. The third-order valence-electron chi connectivity index (χ3n) is 4.25. The summed E-state index contributed by atoms with van der Waals surface area (Å²) in [5, 5.41) is 15.2. The summed E-state index contributed by atoms with van der Waals surface area (Å²) in [7, 11) is 1.52. The van der Waals surface area contributed by atoms with E-state index in [1.54, 1.807) is 17.0 Å². The molecule has 0 aromatic heterocycles. The van der Waals surface area contributed by atoms with Crippen LogP contribution in [0, 0.1) is 5.82 Å². The molecule has 1 N–H and O–H groups in total. The van der Waals surface area contributed by atoms with Crippen molar-refractivity contribution in [1.82, 2.24) is 9.91 Å². The Morgan fingerprint density at radius 1 is 1.30 bits per heavy atom. The van der Waals surface area contributed by atoms with Crippen LogP contribution < -0.4 is 0 Å². The second-order valence-corrected chi connectivity index (χ2v) is 5.88. The molecule has 0 bridgehead atoms. The van der Waals surface area contributed by atoms with E-state index in [4.69, 9.17) is 0 Å². The van der Waals surface area contributed by atoms with E-state index >= 15 is 0 Å². The fourth-order valence-corrected chi connectivity index (χ4v) is 3.03. The minimum Gasteiger partial charge on any atom is -0.391 e. The number of carbonyl (C=O) groups excluding carboxylic acids is 2. The van der Waals surface area contributed by atoms with Gasteiger partial charge in [-0.3, -0.25) is 9.59 Å². The Kier molecular flexibility index (Phi) is 4.12. The molecule has 0 unspecified atom stereocenters. The zero-order valence-electron chi connectivity index (χ0n) is 12.8. The van der Waals surface area contributed by atoms with Crippen molar-refractivity contribution in [1.29, 1.82) is 0 Å². The van der Waals surface area contributed by atoms with Crippen molar-refractivity contribution >= 4 is 17.5 Å². The summed E-state index contributed by atoms with van der Waals surface area (Å²) in [4.78, 5) is 25.7. The van der Waals surface area contributed by atoms with Crippen LogP contribution in [0.4, 0.5) is 4.39 Å². The monoisotopic (exact) mass is 319 g/mol. The first-order valence-corrected chi connectivity index (χ1v) is 7.54. The smallest absolute Gasteiger partial charge is 0.270 e. The van der Waals surface area contributed by atoms with Gasteiger partial charge in [0, 0.05) is 26.4 Å². The lowest BCUT2D eigenvalue weighted by Crippen LogP contribution is -2.40. The minimum absolute atomic E-state index is 0.127. The number of hydrogen-bond acceptors (Lipinski definition) is 4. The Bertz CT molecular complexity index is 659. The molecule has 2 atom stereocenters. The maximum absolute atomic E-state index is 13.1. The number of benzene rings is 1. The highest BCUT2D eigenvalue weighted by molar-refractivity contribution is 6.39. The van der Waals surface area contributed by atoms with Crippen LogP contribution in [0.25, 0.3) is 0 Å². The van der Waals surface area contributed by atoms with Crippen molar-refractivity contribution in [2.45, 2.75) is 31.4 Å². The molecule has 122 valence electrons. The number of hydrogen-bond donors (Lipinski definition) is 1. The third-order valence-corrected chi connectivity index (χ3v) is 4.25. The van der Waals surface area contributed by atoms with Gasteiger partial charge in [0.05, 0.1) is 12.1 Å². The predicted molar refractivity (Wildman–Crippen MR) is 80.9 cm³/mol. The fraction of sp³-hybridized carbons (Fsp3) is 0.438. The molecule has 0 aliphatic carbocycles. The number of aliphatic hydroxyl groups is 1. The van der Waals surface area contributed by atoms with E-state index in [1.165, 1.54) is 24.2 Å². The molecule has 2 amide bonds. The molecule has 3 rings (SSSR count). The van der Waals surface area contributed by atoms with Crippen LogP contribution in [-0.2, 0) is 9.59 Å². The molecule has 6 nitrogen and oxygen atoms in total. The molecule has 2 aliphatic rings. The number of halogens is 1. The summed E-state index contributed by atoms with van der Waals surface area (Å²) in [5.74, 6) is -0.754. The molecule has 1 aromatic rings. The minimum atomic E-state index is -0.627. The summed E-state index contributed by atoms with van der Waals surface area (Å²) in [6.45, 7) is 0.206. The Labute approximate surface area is 133 Å². The second-order valence-electron chi connectivity index (χ2n) is 5.88. The van der Waals surface area contributed by atoms with Crippen LogP contribution >= 0.6 is 0 Å². The molecule has 7 heteroatoms. The van der Waals surface area contributed by atoms with Crippen molar-refractivity contribution in [3.05, 3.63) is 35.6 Å². The lowest BCUT2D eigenvalue weighted by Gasteiger charge is -2.27. The normalized spacial score (nSPS) is 24.8. The second kappa shape index (κ2) is 6.08. The highest BCUT2D eigenvalue weighted by Gasteiger charge is 2.38. The number of carbonyl (C=O) groups is 2. The summed E-state index contributed by atoms with van der Waals surface area (Å²) in [6.07, 6.45) is 0.320. The topological polar surface area (TPSA) is 73.2 Å². The van der Waals surface area contributed by atoms with Gasteiger partial charge in [0.15, 0.2) is 0 Å². The molecule has 1 saturated heterocycles. The zero-order valence-corrected chi connectivity index (χ0v) is 12.8. The SMILES string of the molecule is CN1N=C(C(=O)N2C[C@@H](O)C[C@@H]2c2ccc(F)cc2)CCC1=O. The summed E-state index contributed by atoms with van der Waals surface area (Å²) in [5.41, 5.74) is 1.09. The molecule has 2 aliphatic heterocycles. The van der Waals surface area contributed by atoms with Crippen LogP contribution in [0.5, 0.6) is 0 Å². The van der Waals surface area contributed by atoms with Crippen LogP contribution in [-0.4, -0.2) is 52.2 Å². The molecular weight excluding hydrogens is 301 g/mol. The maximum atomic E-state index is 13.1. The van der Waals surface area contributed by atoms with Crippen molar-refractivity contribution in [3.63, 3.8) is 0 Å². The predicted octanol–water partition coefficient (Wildman–Crippen LogP) is 1.07. The first kappa shape index (κ1) is 15.6.